The minimum atomic E-state index is -0.399. The number of hydrogen-bond acceptors (Lipinski definition) is 5. The number of ether oxygens (including phenoxy) is 1. The van der Waals surface area contributed by atoms with Gasteiger partial charge in [0.05, 0.1) is 5.92 Å². The normalized spacial score (nSPS) is 21.2. The first-order valence-corrected chi connectivity index (χ1v) is 6.85. The van der Waals surface area contributed by atoms with Crippen LogP contribution >= 0.6 is 0 Å². The van der Waals surface area contributed by atoms with Crippen LogP contribution in [0.25, 0.3) is 0 Å². The molecule has 1 saturated heterocycles. The molecule has 0 aromatic carbocycles. The molecule has 2 heterocycles. The molecule has 0 aliphatic carbocycles. The molecule has 1 aliphatic heterocycles. The van der Waals surface area contributed by atoms with Gasteiger partial charge in [-0.25, -0.2) is 0 Å². The van der Waals surface area contributed by atoms with E-state index in [1.54, 1.807) is 7.11 Å². The summed E-state index contributed by atoms with van der Waals surface area (Å²) in [6, 6.07) is 0. The van der Waals surface area contributed by atoms with Gasteiger partial charge < -0.3 is 14.6 Å². The summed E-state index contributed by atoms with van der Waals surface area (Å²) in [5.41, 5.74) is -0.399. The van der Waals surface area contributed by atoms with E-state index in [9.17, 15) is 0 Å². The zero-order valence-electron chi connectivity index (χ0n) is 11.5. The molecule has 5 nitrogen and oxygen atoms in total. The Morgan fingerprint density at radius 1 is 1.44 bits per heavy atom. The van der Waals surface area contributed by atoms with Gasteiger partial charge in [-0.1, -0.05) is 19.0 Å². The maximum atomic E-state index is 5.62. The van der Waals surface area contributed by atoms with E-state index < -0.39 is 5.60 Å². The Labute approximate surface area is 108 Å². The predicted molar refractivity (Wildman–Crippen MR) is 68.4 cm³/mol. The van der Waals surface area contributed by atoms with Gasteiger partial charge >= 0.3 is 0 Å². The third-order valence-electron chi connectivity index (χ3n) is 4.03. The van der Waals surface area contributed by atoms with E-state index in [4.69, 9.17) is 9.26 Å². The van der Waals surface area contributed by atoms with E-state index in [2.05, 4.69) is 29.3 Å². The lowest BCUT2D eigenvalue weighted by Gasteiger charge is -2.26. The lowest BCUT2D eigenvalue weighted by atomic mass is 9.96. The number of nitrogens with one attached hydrogen (secondary N) is 1. The topological polar surface area (TPSA) is 60.2 Å². The molecule has 0 saturated carbocycles. The van der Waals surface area contributed by atoms with Crippen molar-refractivity contribution in [3.05, 3.63) is 11.7 Å². The Morgan fingerprint density at radius 2 is 2.22 bits per heavy atom. The van der Waals surface area contributed by atoms with Crippen LogP contribution in [0.3, 0.4) is 0 Å². The second-order valence-electron chi connectivity index (χ2n) is 4.91. The van der Waals surface area contributed by atoms with E-state index >= 15 is 0 Å². The molecule has 0 amide bonds. The highest BCUT2D eigenvalue weighted by atomic mass is 16.5. The molecule has 1 N–H and O–H groups in total. The minimum absolute atomic E-state index is 0.350. The second-order valence-corrected chi connectivity index (χ2v) is 4.91. The van der Waals surface area contributed by atoms with Crippen LogP contribution < -0.4 is 5.32 Å². The van der Waals surface area contributed by atoms with E-state index in [0.29, 0.717) is 11.7 Å². The molecule has 0 spiro atoms. The zero-order chi connectivity index (χ0) is 13.0. The third-order valence-corrected chi connectivity index (χ3v) is 4.03. The summed E-state index contributed by atoms with van der Waals surface area (Å²) < 4.78 is 11.1. The van der Waals surface area contributed by atoms with Crippen LogP contribution in [-0.2, 0) is 10.3 Å². The predicted octanol–water partition coefficient (Wildman–Crippen LogP) is 2.20. The van der Waals surface area contributed by atoms with Gasteiger partial charge in [-0.3, -0.25) is 0 Å². The van der Waals surface area contributed by atoms with E-state index in [1.165, 1.54) is 6.42 Å². The number of aromatic nitrogens is 2. The Bertz CT molecular complexity index is 360. The molecule has 0 unspecified atom stereocenters. The average molecular weight is 253 g/mol. The molecule has 1 aromatic rings. The van der Waals surface area contributed by atoms with Gasteiger partial charge in [0.2, 0.25) is 11.7 Å². The Balaban J connectivity index is 2.18. The van der Waals surface area contributed by atoms with Crippen molar-refractivity contribution in [2.45, 2.75) is 51.0 Å². The molecule has 2 rings (SSSR count). The average Bonchev–Trinajstić information content (AvgIpc) is 2.93. The first-order valence-electron chi connectivity index (χ1n) is 6.85. The van der Waals surface area contributed by atoms with Crippen molar-refractivity contribution in [2.24, 2.45) is 0 Å². The molecule has 102 valence electrons. The van der Waals surface area contributed by atoms with Gasteiger partial charge in [0, 0.05) is 13.7 Å². The van der Waals surface area contributed by atoms with Crippen molar-refractivity contribution >= 4 is 0 Å². The standard InChI is InChI=1S/C13H23N3O2/c1-4-13(5-2,17-3)12-15-11(18-16-12)10-7-6-8-14-9-10/h10,14H,4-9H2,1-3H3/t10-/m1/s1. The Hall–Kier alpha value is -0.940. The number of piperidine rings is 1. The molecular weight excluding hydrogens is 230 g/mol. The first-order chi connectivity index (χ1) is 8.75. The smallest absolute Gasteiger partial charge is 0.231 e. The molecule has 1 atom stereocenters. The number of hydrogen-bond donors (Lipinski definition) is 1. The van der Waals surface area contributed by atoms with E-state index in [-0.39, 0.29) is 0 Å². The Morgan fingerprint density at radius 3 is 2.78 bits per heavy atom. The lowest BCUT2D eigenvalue weighted by Crippen LogP contribution is -2.30. The lowest BCUT2D eigenvalue weighted by molar-refractivity contribution is -0.0306. The van der Waals surface area contributed by atoms with Crippen molar-refractivity contribution in [3.8, 4) is 0 Å². The molecule has 5 heteroatoms. The fraction of sp³-hybridized carbons (Fsp3) is 0.846. The van der Waals surface area contributed by atoms with E-state index in [1.807, 2.05) is 0 Å². The summed E-state index contributed by atoms with van der Waals surface area (Å²) in [5, 5.41) is 7.50. The van der Waals surface area contributed by atoms with Crippen LogP contribution in [0.4, 0.5) is 0 Å². The number of nitrogens with zero attached hydrogens (tertiary/aromatic N) is 2. The summed E-state index contributed by atoms with van der Waals surface area (Å²) in [5.74, 6) is 1.79. The first kappa shape index (κ1) is 13.5. The molecule has 1 fully saturated rings. The highest BCUT2D eigenvalue weighted by molar-refractivity contribution is 5.04. The number of rotatable bonds is 5. The summed E-state index contributed by atoms with van der Waals surface area (Å²) in [6.45, 7) is 6.19. The molecule has 1 aromatic heterocycles. The van der Waals surface area contributed by atoms with Crippen LogP contribution in [0.5, 0.6) is 0 Å². The molecule has 1 aliphatic rings. The Kier molecular flexibility index (Phi) is 4.35. The largest absolute Gasteiger partial charge is 0.370 e. The molecule has 18 heavy (non-hydrogen) atoms. The molecule has 0 bridgehead atoms. The maximum absolute atomic E-state index is 5.62. The second kappa shape index (κ2) is 5.80. The van der Waals surface area contributed by atoms with Gasteiger partial charge in [-0.05, 0) is 32.2 Å². The van der Waals surface area contributed by atoms with Crippen LogP contribution in [0.15, 0.2) is 4.52 Å². The van der Waals surface area contributed by atoms with Gasteiger partial charge in [0.1, 0.15) is 5.60 Å². The summed E-state index contributed by atoms with van der Waals surface area (Å²) in [6.07, 6.45) is 3.98. The summed E-state index contributed by atoms with van der Waals surface area (Å²) in [7, 11) is 1.71. The monoisotopic (exact) mass is 253 g/mol. The third kappa shape index (κ3) is 2.42. The maximum Gasteiger partial charge on any atom is 0.231 e. The fourth-order valence-corrected chi connectivity index (χ4v) is 2.59. The van der Waals surface area contributed by atoms with Crippen molar-refractivity contribution in [3.63, 3.8) is 0 Å². The zero-order valence-corrected chi connectivity index (χ0v) is 11.5. The van der Waals surface area contributed by atoms with Crippen LogP contribution in [0.1, 0.15) is 57.2 Å². The highest BCUT2D eigenvalue weighted by Gasteiger charge is 2.34. The van der Waals surface area contributed by atoms with Gasteiger partial charge in [-0.2, -0.15) is 4.98 Å². The van der Waals surface area contributed by atoms with E-state index in [0.717, 1.165) is 38.2 Å². The van der Waals surface area contributed by atoms with Crippen LogP contribution in [-0.4, -0.2) is 30.3 Å². The van der Waals surface area contributed by atoms with Gasteiger partial charge in [0.25, 0.3) is 0 Å². The highest BCUT2D eigenvalue weighted by Crippen LogP contribution is 2.31. The minimum Gasteiger partial charge on any atom is -0.370 e. The number of methoxy groups -OCH3 is 1. The molecule has 0 radical (unpaired) electrons. The quantitative estimate of drug-likeness (QED) is 0.871. The van der Waals surface area contributed by atoms with Crippen LogP contribution in [0, 0.1) is 0 Å². The molecular formula is C13H23N3O2. The van der Waals surface area contributed by atoms with Crippen molar-refractivity contribution in [1.82, 2.24) is 15.5 Å². The van der Waals surface area contributed by atoms with Crippen molar-refractivity contribution < 1.29 is 9.26 Å². The van der Waals surface area contributed by atoms with Gasteiger partial charge in [0.15, 0.2) is 0 Å². The van der Waals surface area contributed by atoms with Crippen LogP contribution in [0.2, 0.25) is 0 Å². The fourth-order valence-electron chi connectivity index (χ4n) is 2.59. The summed E-state index contributed by atoms with van der Waals surface area (Å²) in [4.78, 5) is 4.58. The van der Waals surface area contributed by atoms with Crippen molar-refractivity contribution in [1.29, 1.82) is 0 Å². The van der Waals surface area contributed by atoms with Gasteiger partial charge in [-0.15, -0.1) is 0 Å². The summed E-state index contributed by atoms with van der Waals surface area (Å²) >= 11 is 0. The SMILES string of the molecule is CCC(CC)(OC)c1noc([C@@H]2CCCNC2)n1. The van der Waals surface area contributed by atoms with Crippen molar-refractivity contribution in [2.75, 3.05) is 20.2 Å².